The van der Waals surface area contributed by atoms with Gasteiger partial charge in [-0.1, -0.05) is 30.3 Å². The molecule has 2 fully saturated rings. The van der Waals surface area contributed by atoms with Gasteiger partial charge in [-0.05, 0) is 23.8 Å². The van der Waals surface area contributed by atoms with E-state index in [1.165, 1.54) is 0 Å². The van der Waals surface area contributed by atoms with Crippen LogP contribution in [0.1, 0.15) is 28.4 Å². The van der Waals surface area contributed by atoms with Crippen LogP contribution in [-0.2, 0) is 4.79 Å². The lowest BCUT2D eigenvalue weighted by molar-refractivity contribution is -0.125. The lowest BCUT2D eigenvalue weighted by atomic mass is 9.74. The van der Waals surface area contributed by atoms with Crippen LogP contribution in [0.4, 0.5) is 0 Å². The van der Waals surface area contributed by atoms with E-state index in [4.69, 9.17) is 9.47 Å². The molecule has 3 heterocycles. The number of piperidine rings is 1. The molecular formula is C20H19N3O4. The first-order valence-electron chi connectivity index (χ1n) is 9.00. The number of hydrogen-bond acceptors (Lipinski definition) is 6. The molecule has 0 saturated carbocycles. The second-order valence-electron chi connectivity index (χ2n) is 7.04. The first kappa shape index (κ1) is 16.3. The summed E-state index contributed by atoms with van der Waals surface area (Å²) in [4.78, 5) is 25.5. The molecular weight excluding hydrogens is 346 g/mol. The average Bonchev–Trinajstić information content (AvgIpc) is 3.33. The molecule has 7 nitrogen and oxygen atoms in total. The number of benzene rings is 2. The first-order valence-corrected chi connectivity index (χ1v) is 9.00. The maximum atomic E-state index is 13.3. The lowest BCUT2D eigenvalue weighted by Crippen LogP contribution is -2.54. The molecule has 0 bridgehead atoms. The van der Waals surface area contributed by atoms with Gasteiger partial charge < -0.3 is 14.8 Å². The number of nitrogens with one attached hydrogen (secondary N) is 3. The maximum Gasteiger partial charge on any atom is 0.231 e. The number of hydrazine groups is 1. The Kier molecular flexibility index (Phi) is 3.84. The molecule has 0 radical (unpaired) electrons. The summed E-state index contributed by atoms with van der Waals surface area (Å²) in [5, 5.41) is 2.95. The lowest BCUT2D eigenvalue weighted by Gasteiger charge is -2.35. The van der Waals surface area contributed by atoms with Crippen molar-refractivity contribution in [2.75, 3.05) is 6.79 Å². The molecule has 4 atom stereocenters. The van der Waals surface area contributed by atoms with Gasteiger partial charge in [0.25, 0.3) is 0 Å². The number of hydrogen-bond donors (Lipinski definition) is 3. The van der Waals surface area contributed by atoms with E-state index in [2.05, 4.69) is 16.2 Å². The highest BCUT2D eigenvalue weighted by atomic mass is 16.7. The number of fused-ring (bicyclic) bond motifs is 2. The fourth-order valence-corrected chi connectivity index (χ4v) is 4.23. The van der Waals surface area contributed by atoms with E-state index in [-0.39, 0.29) is 43.0 Å². The van der Waals surface area contributed by atoms with E-state index < -0.39 is 5.92 Å². The summed E-state index contributed by atoms with van der Waals surface area (Å²) in [5.41, 5.74) is 8.01. The van der Waals surface area contributed by atoms with Crippen LogP contribution < -0.4 is 25.6 Å². The third-order valence-electron chi connectivity index (χ3n) is 5.50. The van der Waals surface area contributed by atoms with Crippen molar-refractivity contribution in [3.63, 3.8) is 0 Å². The van der Waals surface area contributed by atoms with Gasteiger partial charge in [0.15, 0.2) is 17.3 Å². The number of Topliss-reactive ketones (excluding diaryl/α,β-unsaturated/α-hetero) is 1. The Hall–Kier alpha value is -2.90. The molecule has 4 unspecified atom stereocenters. The Morgan fingerprint density at radius 2 is 1.81 bits per heavy atom. The Morgan fingerprint density at radius 1 is 1.00 bits per heavy atom. The molecule has 2 aromatic carbocycles. The molecule has 1 amide bonds. The molecule has 0 aliphatic carbocycles. The molecule has 3 aliphatic rings. The molecule has 2 aromatic rings. The summed E-state index contributed by atoms with van der Waals surface area (Å²) in [6.45, 7) is 0.160. The van der Waals surface area contributed by atoms with E-state index in [1.54, 1.807) is 18.2 Å². The van der Waals surface area contributed by atoms with Gasteiger partial charge in [-0.15, -0.1) is 0 Å². The van der Waals surface area contributed by atoms with Gasteiger partial charge in [0.05, 0.1) is 12.2 Å². The van der Waals surface area contributed by atoms with Crippen LogP contribution >= 0.6 is 0 Å². The van der Waals surface area contributed by atoms with Crippen molar-refractivity contribution >= 4 is 11.7 Å². The second kappa shape index (κ2) is 6.37. The number of ketones is 1. The molecule has 3 aliphatic heterocycles. The van der Waals surface area contributed by atoms with Crippen molar-refractivity contribution in [1.82, 2.24) is 16.2 Å². The van der Waals surface area contributed by atoms with Crippen molar-refractivity contribution in [3.8, 4) is 11.5 Å². The predicted molar refractivity (Wildman–Crippen MR) is 95.9 cm³/mol. The number of carbonyl (C=O) groups is 2. The molecule has 0 aromatic heterocycles. The molecule has 5 rings (SSSR count). The molecule has 7 heteroatoms. The van der Waals surface area contributed by atoms with Crippen LogP contribution in [0, 0.1) is 11.8 Å². The van der Waals surface area contributed by atoms with Crippen molar-refractivity contribution in [1.29, 1.82) is 0 Å². The monoisotopic (exact) mass is 365 g/mol. The average molecular weight is 365 g/mol. The first-order chi connectivity index (χ1) is 13.2. The third-order valence-corrected chi connectivity index (χ3v) is 5.50. The van der Waals surface area contributed by atoms with Gasteiger partial charge in [-0.2, -0.15) is 0 Å². The van der Waals surface area contributed by atoms with Gasteiger partial charge in [-0.25, -0.2) is 10.9 Å². The Bertz CT molecular complexity index is 901. The third kappa shape index (κ3) is 2.75. The summed E-state index contributed by atoms with van der Waals surface area (Å²) in [7, 11) is 0. The summed E-state index contributed by atoms with van der Waals surface area (Å²) in [6, 6.07) is 15.1. The van der Waals surface area contributed by atoms with Gasteiger partial charge in [0.2, 0.25) is 12.7 Å². The largest absolute Gasteiger partial charge is 0.454 e. The van der Waals surface area contributed by atoms with Crippen LogP contribution in [0.3, 0.4) is 0 Å². The van der Waals surface area contributed by atoms with Crippen molar-refractivity contribution in [2.24, 2.45) is 11.8 Å². The smallest absolute Gasteiger partial charge is 0.231 e. The normalized spacial score (nSPS) is 28.5. The molecule has 3 N–H and O–H groups in total. The van der Waals surface area contributed by atoms with Crippen molar-refractivity contribution in [2.45, 2.75) is 18.6 Å². The number of carbonyl (C=O) groups excluding carboxylic acids is 2. The van der Waals surface area contributed by atoms with E-state index >= 15 is 0 Å². The van der Waals surface area contributed by atoms with Crippen LogP contribution in [0.15, 0.2) is 48.5 Å². The minimum Gasteiger partial charge on any atom is -0.454 e. The van der Waals surface area contributed by atoms with Gasteiger partial charge >= 0.3 is 0 Å². The molecule has 138 valence electrons. The molecule has 2 saturated heterocycles. The van der Waals surface area contributed by atoms with E-state index in [1.807, 2.05) is 30.3 Å². The van der Waals surface area contributed by atoms with E-state index in [0.29, 0.717) is 17.1 Å². The predicted octanol–water partition coefficient (Wildman–Crippen LogP) is 1.53. The summed E-state index contributed by atoms with van der Waals surface area (Å²) in [6.07, 6.45) is -0.124. The zero-order valence-electron chi connectivity index (χ0n) is 14.5. The zero-order chi connectivity index (χ0) is 18.4. The number of ether oxygens (including phenoxy) is 2. The minimum absolute atomic E-state index is 0.0513. The number of amides is 1. The van der Waals surface area contributed by atoms with E-state index in [0.717, 1.165) is 5.56 Å². The van der Waals surface area contributed by atoms with Crippen molar-refractivity contribution in [3.05, 3.63) is 59.7 Å². The zero-order valence-corrected chi connectivity index (χ0v) is 14.5. The van der Waals surface area contributed by atoms with Gasteiger partial charge in [0.1, 0.15) is 0 Å². The highest BCUT2D eigenvalue weighted by molar-refractivity contribution is 6.01. The highest BCUT2D eigenvalue weighted by Gasteiger charge is 2.49. The Morgan fingerprint density at radius 3 is 2.67 bits per heavy atom. The summed E-state index contributed by atoms with van der Waals surface area (Å²) >= 11 is 0. The molecule has 0 spiro atoms. The van der Waals surface area contributed by atoms with Gasteiger partial charge in [-0.3, -0.25) is 9.59 Å². The topological polar surface area (TPSA) is 88.7 Å². The highest BCUT2D eigenvalue weighted by Crippen LogP contribution is 2.40. The van der Waals surface area contributed by atoms with Crippen molar-refractivity contribution < 1.29 is 19.1 Å². The van der Waals surface area contributed by atoms with Gasteiger partial charge in [0, 0.05) is 23.8 Å². The maximum absolute atomic E-state index is 13.3. The fraction of sp³-hybridized carbons (Fsp3) is 0.300. The second-order valence-corrected chi connectivity index (χ2v) is 7.04. The van der Waals surface area contributed by atoms with Crippen LogP contribution in [-0.4, -0.2) is 24.6 Å². The van der Waals surface area contributed by atoms with Crippen LogP contribution in [0.25, 0.3) is 0 Å². The minimum atomic E-state index is -0.433. The van der Waals surface area contributed by atoms with E-state index in [9.17, 15) is 9.59 Å². The summed E-state index contributed by atoms with van der Waals surface area (Å²) in [5.74, 6) is 0.500. The Balaban J connectivity index is 1.49. The quantitative estimate of drug-likeness (QED) is 0.715. The number of rotatable bonds is 3. The Labute approximate surface area is 156 Å². The SMILES string of the molecule is O=C1CC(C(=O)c2ccc3c(c2)OCO3)C2C(NNC2c2ccccc2)N1. The standard InChI is InChI=1S/C20H19N3O4/c24-16-9-13(19(25)12-6-7-14-15(8-12)27-10-26-14)17-18(22-23-20(17)21-16)11-4-2-1-3-5-11/h1-8,13,17-18,20,22-23H,9-10H2,(H,21,24). The van der Waals surface area contributed by atoms with Crippen LogP contribution in [0.5, 0.6) is 11.5 Å². The summed E-state index contributed by atoms with van der Waals surface area (Å²) < 4.78 is 10.7. The molecule has 27 heavy (non-hydrogen) atoms. The fourth-order valence-electron chi connectivity index (χ4n) is 4.23. The van der Waals surface area contributed by atoms with Crippen LogP contribution in [0.2, 0.25) is 0 Å².